The summed E-state index contributed by atoms with van der Waals surface area (Å²) in [6.45, 7) is 6.04. The predicted octanol–water partition coefficient (Wildman–Crippen LogP) is 3.98. The summed E-state index contributed by atoms with van der Waals surface area (Å²) in [6, 6.07) is 21.0. The molecule has 0 amide bonds. The first-order chi connectivity index (χ1) is 11.3. The monoisotopic (exact) mass is 363 g/mol. The highest BCUT2D eigenvalue weighted by Crippen LogP contribution is 2.39. The first kappa shape index (κ1) is 23.4. The Morgan fingerprint density at radius 1 is 1.00 bits per heavy atom. The minimum atomic E-state index is -0.453. The fraction of sp³-hybridized carbons (Fsp3) is 0.333. The van der Waals surface area contributed by atoms with E-state index in [1.54, 1.807) is 0 Å². The van der Waals surface area contributed by atoms with Gasteiger partial charge in [-0.2, -0.15) is 0 Å². The Morgan fingerprint density at radius 2 is 1.48 bits per heavy atom. The number of ether oxygens (including phenoxy) is 1. The van der Waals surface area contributed by atoms with Gasteiger partial charge in [0.15, 0.2) is 0 Å². The topological polar surface area (TPSA) is 52.8 Å². The van der Waals surface area contributed by atoms with E-state index in [9.17, 15) is 0 Å². The summed E-state index contributed by atoms with van der Waals surface area (Å²) in [5.74, 6) is 0.280. The molecule has 4 heteroatoms. The highest BCUT2D eigenvalue weighted by molar-refractivity contribution is 5.85. The second-order valence-electron chi connectivity index (χ2n) is 5.80. The van der Waals surface area contributed by atoms with E-state index in [0.717, 1.165) is 13.1 Å². The van der Waals surface area contributed by atoms with E-state index in [1.807, 2.05) is 26.2 Å². The van der Waals surface area contributed by atoms with Gasteiger partial charge in [-0.25, -0.2) is 0 Å². The van der Waals surface area contributed by atoms with Crippen LogP contribution in [0.15, 0.2) is 72.8 Å². The maximum absolute atomic E-state index is 6.17. The van der Waals surface area contributed by atoms with Crippen LogP contribution in [0.25, 0.3) is 0 Å². The van der Waals surface area contributed by atoms with Gasteiger partial charge in [-0.3, -0.25) is 0 Å². The van der Waals surface area contributed by atoms with Crippen molar-refractivity contribution < 1.29 is 10.2 Å². The van der Waals surface area contributed by atoms with Crippen molar-refractivity contribution in [1.29, 1.82) is 0 Å². The standard InChI is InChI=1S/C21H27NO.ClH.H2O/c1-4-5-16-22-17-18(2)21(23-3,19-12-8-6-9-13-19)20-14-10-7-11-15-20;;/h4-15,18,22H,16-17H2,1-3H3;1H;1H2. The van der Waals surface area contributed by atoms with E-state index in [4.69, 9.17) is 4.74 Å². The van der Waals surface area contributed by atoms with Gasteiger partial charge in [0, 0.05) is 26.1 Å². The van der Waals surface area contributed by atoms with Gasteiger partial charge in [0.25, 0.3) is 0 Å². The maximum Gasteiger partial charge on any atom is 0.121 e. The number of allylic oxidation sites excluding steroid dienone is 1. The van der Waals surface area contributed by atoms with Crippen molar-refractivity contribution >= 4 is 12.4 Å². The Kier molecular flexibility index (Phi) is 11.0. The summed E-state index contributed by atoms with van der Waals surface area (Å²) in [6.07, 6.45) is 4.20. The third-order valence-electron chi connectivity index (χ3n) is 4.37. The Bertz CT molecular complexity index is 562. The zero-order chi connectivity index (χ0) is 16.5. The van der Waals surface area contributed by atoms with E-state index in [-0.39, 0.29) is 23.8 Å². The van der Waals surface area contributed by atoms with Crippen LogP contribution in [0, 0.1) is 5.92 Å². The maximum atomic E-state index is 6.17. The number of hydrogen-bond acceptors (Lipinski definition) is 2. The molecule has 2 aromatic carbocycles. The van der Waals surface area contributed by atoms with Gasteiger partial charge in [0.1, 0.15) is 5.60 Å². The van der Waals surface area contributed by atoms with E-state index < -0.39 is 5.60 Å². The molecule has 1 atom stereocenters. The third-order valence-corrected chi connectivity index (χ3v) is 4.37. The van der Waals surface area contributed by atoms with Crippen molar-refractivity contribution in [3.63, 3.8) is 0 Å². The summed E-state index contributed by atoms with van der Waals surface area (Å²) >= 11 is 0. The normalized spacial score (nSPS) is 12.3. The SMILES string of the molecule is CC=CCNCC(C)C(OC)(c1ccccc1)c1ccccc1.Cl.O. The van der Waals surface area contributed by atoms with Crippen molar-refractivity contribution in [1.82, 2.24) is 5.32 Å². The smallest absolute Gasteiger partial charge is 0.121 e. The van der Waals surface area contributed by atoms with Crippen LogP contribution in [-0.2, 0) is 10.3 Å². The van der Waals surface area contributed by atoms with E-state index in [0.29, 0.717) is 0 Å². The Labute approximate surface area is 157 Å². The third kappa shape index (κ3) is 5.41. The first-order valence-electron chi connectivity index (χ1n) is 8.23. The van der Waals surface area contributed by atoms with E-state index >= 15 is 0 Å². The molecule has 0 spiro atoms. The van der Waals surface area contributed by atoms with Crippen LogP contribution >= 0.6 is 12.4 Å². The number of nitrogens with one attached hydrogen (secondary N) is 1. The van der Waals surface area contributed by atoms with Crippen LogP contribution in [-0.4, -0.2) is 25.7 Å². The van der Waals surface area contributed by atoms with Crippen molar-refractivity contribution in [3.8, 4) is 0 Å². The highest BCUT2D eigenvalue weighted by Gasteiger charge is 2.39. The molecule has 0 bridgehead atoms. The molecule has 2 rings (SSSR count). The van der Waals surface area contributed by atoms with Crippen molar-refractivity contribution in [2.24, 2.45) is 5.92 Å². The number of hydrogen-bond donors (Lipinski definition) is 1. The van der Waals surface area contributed by atoms with Gasteiger partial charge in [0.05, 0.1) is 0 Å². The van der Waals surface area contributed by atoms with Crippen molar-refractivity contribution in [2.75, 3.05) is 20.2 Å². The molecule has 0 saturated carbocycles. The lowest BCUT2D eigenvalue weighted by atomic mass is 9.76. The van der Waals surface area contributed by atoms with Gasteiger partial charge >= 0.3 is 0 Å². The Hall–Kier alpha value is -1.65. The minimum Gasteiger partial charge on any atom is -0.412 e. The Morgan fingerprint density at radius 3 is 1.88 bits per heavy atom. The predicted molar refractivity (Wildman–Crippen MR) is 108 cm³/mol. The molecule has 0 fully saturated rings. The van der Waals surface area contributed by atoms with Gasteiger partial charge in [-0.1, -0.05) is 79.7 Å². The van der Waals surface area contributed by atoms with Gasteiger partial charge in [0.2, 0.25) is 0 Å². The van der Waals surface area contributed by atoms with Crippen molar-refractivity contribution in [2.45, 2.75) is 19.4 Å². The summed E-state index contributed by atoms with van der Waals surface area (Å²) < 4.78 is 6.17. The molecule has 0 heterocycles. The van der Waals surface area contributed by atoms with Gasteiger partial charge in [-0.15, -0.1) is 12.4 Å². The fourth-order valence-electron chi connectivity index (χ4n) is 3.19. The highest BCUT2D eigenvalue weighted by atomic mass is 35.5. The lowest BCUT2D eigenvalue weighted by Crippen LogP contribution is -2.42. The zero-order valence-corrected chi connectivity index (χ0v) is 16.1. The lowest BCUT2D eigenvalue weighted by molar-refractivity contribution is -0.0228. The molecule has 0 aliphatic rings. The van der Waals surface area contributed by atoms with Crippen LogP contribution in [0.3, 0.4) is 0 Å². The van der Waals surface area contributed by atoms with Crippen LogP contribution in [0.1, 0.15) is 25.0 Å². The molecular formula is C21H30ClNO2. The molecule has 3 N–H and O–H groups in total. The number of methoxy groups -OCH3 is 1. The van der Waals surface area contributed by atoms with Crippen LogP contribution < -0.4 is 5.32 Å². The molecule has 25 heavy (non-hydrogen) atoms. The van der Waals surface area contributed by atoms with Gasteiger partial charge in [-0.05, 0) is 18.1 Å². The van der Waals surface area contributed by atoms with Gasteiger partial charge < -0.3 is 15.5 Å². The number of rotatable bonds is 8. The zero-order valence-electron chi connectivity index (χ0n) is 15.2. The summed E-state index contributed by atoms with van der Waals surface area (Å²) in [7, 11) is 1.81. The molecule has 0 aliphatic heterocycles. The Balaban J connectivity index is 0.00000288. The molecule has 3 nitrogen and oxygen atoms in total. The van der Waals surface area contributed by atoms with Crippen LogP contribution in [0.2, 0.25) is 0 Å². The summed E-state index contributed by atoms with van der Waals surface area (Å²) in [5, 5.41) is 3.50. The quantitative estimate of drug-likeness (QED) is 0.569. The fourth-order valence-corrected chi connectivity index (χ4v) is 3.19. The molecule has 0 radical (unpaired) electrons. The lowest BCUT2D eigenvalue weighted by Gasteiger charge is -2.39. The number of benzene rings is 2. The van der Waals surface area contributed by atoms with Crippen LogP contribution in [0.5, 0.6) is 0 Å². The van der Waals surface area contributed by atoms with E-state index in [2.05, 4.69) is 72.9 Å². The molecular weight excluding hydrogens is 334 g/mol. The largest absolute Gasteiger partial charge is 0.412 e. The van der Waals surface area contributed by atoms with Crippen LogP contribution in [0.4, 0.5) is 0 Å². The van der Waals surface area contributed by atoms with Crippen molar-refractivity contribution in [3.05, 3.63) is 83.9 Å². The second-order valence-corrected chi connectivity index (χ2v) is 5.80. The molecule has 138 valence electrons. The molecule has 1 unspecified atom stereocenters. The molecule has 0 aromatic heterocycles. The minimum absolute atomic E-state index is 0. The van der Waals surface area contributed by atoms with E-state index in [1.165, 1.54) is 11.1 Å². The number of halogens is 1. The summed E-state index contributed by atoms with van der Waals surface area (Å²) in [4.78, 5) is 0. The average molecular weight is 364 g/mol. The first-order valence-corrected chi connectivity index (χ1v) is 8.23. The summed E-state index contributed by atoms with van der Waals surface area (Å²) in [5.41, 5.74) is 1.92. The molecule has 0 aliphatic carbocycles. The average Bonchev–Trinajstić information content (AvgIpc) is 2.62. The molecule has 0 saturated heterocycles. The second kappa shape index (κ2) is 11.8. The molecule has 2 aromatic rings.